The lowest BCUT2D eigenvalue weighted by atomic mass is 9.82. The molecule has 0 aromatic heterocycles. The normalized spacial score (nSPS) is 12.7. The molecule has 0 bridgehead atoms. The largest absolute Gasteiger partial charge is 0.508 e. The lowest BCUT2D eigenvalue weighted by molar-refractivity contribution is 0.116. The van der Waals surface area contributed by atoms with Gasteiger partial charge in [0.25, 0.3) is 0 Å². The Bertz CT molecular complexity index is 425. The van der Waals surface area contributed by atoms with Crippen LogP contribution in [-0.4, -0.2) is 31.1 Å². The van der Waals surface area contributed by atoms with Gasteiger partial charge in [0.05, 0.1) is 0 Å². The maximum Gasteiger partial charge on any atom is 0.116 e. The summed E-state index contributed by atoms with van der Waals surface area (Å²) in [5, 5.41) is 9.55. The molecule has 0 aliphatic heterocycles. The Morgan fingerprint density at radius 3 is 2.68 bits per heavy atom. The Kier molecular flexibility index (Phi) is 6.03. The molecular formula is C16H25NO2. The van der Waals surface area contributed by atoms with E-state index in [1.54, 1.807) is 19.2 Å². The molecule has 0 unspecified atom stereocenters. The van der Waals surface area contributed by atoms with E-state index in [9.17, 15) is 5.11 Å². The highest BCUT2D eigenvalue weighted by Gasteiger charge is 2.21. The molecule has 0 heterocycles. The highest BCUT2D eigenvalue weighted by Crippen LogP contribution is 2.28. The lowest BCUT2D eigenvalue weighted by Crippen LogP contribution is -2.20. The molecule has 0 aliphatic carbocycles. The molecule has 0 atom stereocenters. The van der Waals surface area contributed by atoms with Crippen LogP contribution in [0.5, 0.6) is 5.75 Å². The molecule has 1 N–H and O–H groups in total. The molecule has 0 fully saturated rings. The highest BCUT2D eigenvalue weighted by atomic mass is 16.5. The molecule has 106 valence electrons. The quantitative estimate of drug-likeness (QED) is 0.602. The third kappa shape index (κ3) is 5.43. The summed E-state index contributed by atoms with van der Waals surface area (Å²) < 4.78 is 5.43. The minimum absolute atomic E-state index is 0.134. The monoisotopic (exact) mass is 263 g/mol. The average Bonchev–Trinajstić information content (AvgIpc) is 2.36. The Morgan fingerprint density at radius 1 is 1.37 bits per heavy atom. The standard InChI is InChI=1S/C16H25NO2/c1-5-19-10-9-16(2,3)12-15(17-4)13-7-6-8-14(18)11-13/h6-8,11,18H,5,9-10,12H2,1-4H3. The number of nitrogens with zero attached hydrogens (tertiary/aromatic N) is 1. The fourth-order valence-electron chi connectivity index (χ4n) is 2.03. The number of phenolic OH excluding ortho intramolecular Hbond substituents is 1. The summed E-state index contributed by atoms with van der Waals surface area (Å²) in [5.74, 6) is 0.283. The van der Waals surface area contributed by atoms with Crippen LogP contribution < -0.4 is 0 Å². The van der Waals surface area contributed by atoms with Crippen LogP contribution in [0.1, 0.15) is 39.2 Å². The van der Waals surface area contributed by atoms with Gasteiger partial charge in [0, 0.05) is 26.0 Å². The third-order valence-corrected chi connectivity index (χ3v) is 3.22. The summed E-state index contributed by atoms with van der Waals surface area (Å²) in [6.45, 7) is 8.00. The van der Waals surface area contributed by atoms with Crippen LogP contribution in [0.2, 0.25) is 0 Å². The molecule has 0 aliphatic rings. The summed E-state index contributed by atoms with van der Waals surface area (Å²) in [5.41, 5.74) is 2.15. The second-order valence-electron chi connectivity index (χ2n) is 5.51. The van der Waals surface area contributed by atoms with Crippen molar-refractivity contribution in [3.05, 3.63) is 29.8 Å². The zero-order chi connectivity index (χ0) is 14.3. The van der Waals surface area contributed by atoms with Crippen LogP contribution in [0.3, 0.4) is 0 Å². The topological polar surface area (TPSA) is 41.8 Å². The van der Waals surface area contributed by atoms with E-state index in [4.69, 9.17) is 4.74 Å². The first kappa shape index (κ1) is 15.7. The van der Waals surface area contributed by atoms with E-state index in [1.165, 1.54) is 0 Å². The molecule has 0 spiro atoms. The zero-order valence-electron chi connectivity index (χ0n) is 12.4. The van der Waals surface area contributed by atoms with E-state index in [1.807, 2.05) is 19.1 Å². The van der Waals surface area contributed by atoms with Crippen LogP contribution >= 0.6 is 0 Å². The van der Waals surface area contributed by atoms with E-state index in [0.717, 1.165) is 37.3 Å². The van der Waals surface area contributed by atoms with Crippen molar-refractivity contribution < 1.29 is 9.84 Å². The number of hydrogen-bond acceptors (Lipinski definition) is 3. The second kappa shape index (κ2) is 7.29. The van der Waals surface area contributed by atoms with Crippen LogP contribution in [0, 0.1) is 5.41 Å². The van der Waals surface area contributed by atoms with Gasteiger partial charge in [0.2, 0.25) is 0 Å². The maximum atomic E-state index is 9.55. The molecule has 0 saturated carbocycles. The van der Waals surface area contributed by atoms with Gasteiger partial charge in [-0.25, -0.2) is 0 Å². The number of aromatic hydroxyl groups is 1. The number of benzene rings is 1. The molecule has 0 radical (unpaired) electrons. The lowest BCUT2D eigenvalue weighted by Gasteiger charge is -2.25. The number of ether oxygens (including phenoxy) is 1. The van der Waals surface area contributed by atoms with E-state index in [-0.39, 0.29) is 11.2 Å². The van der Waals surface area contributed by atoms with Gasteiger partial charge in [-0.3, -0.25) is 4.99 Å². The van der Waals surface area contributed by atoms with Gasteiger partial charge in [-0.15, -0.1) is 0 Å². The average molecular weight is 263 g/mol. The first-order valence-corrected chi connectivity index (χ1v) is 6.81. The van der Waals surface area contributed by atoms with Gasteiger partial charge < -0.3 is 9.84 Å². The summed E-state index contributed by atoms with van der Waals surface area (Å²) in [6, 6.07) is 7.28. The number of rotatable bonds is 7. The van der Waals surface area contributed by atoms with Gasteiger partial charge in [0.15, 0.2) is 0 Å². The third-order valence-electron chi connectivity index (χ3n) is 3.22. The predicted octanol–water partition coefficient (Wildman–Crippen LogP) is 3.65. The molecule has 3 nitrogen and oxygen atoms in total. The van der Waals surface area contributed by atoms with Crippen molar-refractivity contribution in [2.75, 3.05) is 20.3 Å². The number of hydrogen-bond donors (Lipinski definition) is 1. The Labute approximate surface area is 116 Å². The summed E-state index contributed by atoms with van der Waals surface area (Å²) in [4.78, 5) is 4.38. The smallest absolute Gasteiger partial charge is 0.116 e. The summed E-state index contributed by atoms with van der Waals surface area (Å²) >= 11 is 0. The molecule has 1 rings (SSSR count). The van der Waals surface area contributed by atoms with Crippen molar-refractivity contribution in [1.82, 2.24) is 0 Å². The van der Waals surface area contributed by atoms with Crippen LogP contribution in [0.4, 0.5) is 0 Å². The van der Waals surface area contributed by atoms with Gasteiger partial charge in [0.1, 0.15) is 5.75 Å². The fraction of sp³-hybridized carbons (Fsp3) is 0.562. The zero-order valence-corrected chi connectivity index (χ0v) is 12.4. The van der Waals surface area contributed by atoms with Crippen molar-refractivity contribution in [3.8, 4) is 5.75 Å². The number of aliphatic imine (C=N–C) groups is 1. The van der Waals surface area contributed by atoms with Crippen molar-refractivity contribution in [1.29, 1.82) is 0 Å². The molecule has 0 saturated heterocycles. The molecule has 3 heteroatoms. The first-order chi connectivity index (χ1) is 8.98. The van der Waals surface area contributed by atoms with Crippen molar-refractivity contribution in [2.24, 2.45) is 10.4 Å². The SMILES string of the molecule is CCOCCC(C)(C)CC(=NC)c1cccc(O)c1. The van der Waals surface area contributed by atoms with Gasteiger partial charge in [-0.2, -0.15) is 0 Å². The molecule has 1 aromatic rings. The van der Waals surface area contributed by atoms with Gasteiger partial charge in [-0.05, 0) is 42.9 Å². The Hall–Kier alpha value is -1.35. The maximum absolute atomic E-state index is 9.55. The van der Waals surface area contributed by atoms with Crippen molar-refractivity contribution in [3.63, 3.8) is 0 Å². The van der Waals surface area contributed by atoms with E-state index >= 15 is 0 Å². The van der Waals surface area contributed by atoms with Gasteiger partial charge in [-0.1, -0.05) is 26.0 Å². The molecule has 0 amide bonds. The Balaban J connectivity index is 2.72. The summed E-state index contributed by atoms with van der Waals surface area (Å²) in [7, 11) is 1.80. The molecular weight excluding hydrogens is 238 g/mol. The van der Waals surface area contributed by atoms with E-state index < -0.39 is 0 Å². The molecule has 19 heavy (non-hydrogen) atoms. The highest BCUT2D eigenvalue weighted by molar-refractivity contribution is 6.01. The summed E-state index contributed by atoms with van der Waals surface area (Å²) in [6.07, 6.45) is 1.87. The van der Waals surface area contributed by atoms with E-state index in [0.29, 0.717) is 0 Å². The predicted molar refractivity (Wildman–Crippen MR) is 80.1 cm³/mol. The fourth-order valence-corrected chi connectivity index (χ4v) is 2.03. The minimum atomic E-state index is 0.134. The Morgan fingerprint density at radius 2 is 2.11 bits per heavy atom. The van der Waals surface area contributed by atoms with Crippen LogP contribution in [0.25, 0.3) is 0 Å². The molecule has 1 aromatic carbocycles. The van der Waals surface area contributed by atoms with E-state index in [2.05, 4.69) is 18.8 Å². The number of phenols is 1. The second-order valence-corrected chi connectivity index (χ2v) is 5.51. The van der Waals surface area contributed by atoms with Crippen LogP contribution in [-0.2, 0) is 4.74 Å². The van der Waals surface area contributed by atoms with Gasteiger partial charge >= 0.3 is 0 Å². The minimum Gasteiger partial charge on any atom is -0.508 e. The first-order valence-electron chi connectivity index (χ1n) is 6.81. The van der Waals surface area contributed by atoms with Crippen molar-refractivity contribution in [2.45, 2.75) is 33.6 Å². The van der Waals surface area contributed by atoms with Crippen molar-refractivity contribution >= 4 is 5.71 Å². The van der Waals surface area contributed by atoms with Crippen LogP contribution in [0.15, 0.2) is 29.3 Å².